The first kappa shape index (κ1) is 11.8. The summed E-state index contributed by atoms with van der Waals surface area (Å²) < 4.78 is 1.71. The Kier molecular flexibility index (Phi) is 3.88. The fourth-order valence-electron chi connectivity index (χ4n) is 1.86. The molecule has 0 aliphatic carbocycles. The third-order valence-corrected chi connectivity index (χ3v) is 2.77. The summed E-state index contributed by atoms with van der Waals surface area (Å²) >= 11 is 0. The van der Waals surface area contributed by atoms with Crippen LogP contribution in [0.2, 0.25) is 0 Å². The molecule has 4 nitrogen and oxygen atoms in total. The van der Waals surface area contributed by atoms with Gasteiger partial charge in [-0.3, -0.25) is 4.68 Å². The SMILES string of the molecule is Cn1cc(CC(N)CCc2ccccc2)nn1. The van der Waals surface area contributed by atoms with Crippen LogP contribution in [-0.2, 0) is 19.9 Å². The van der Waals surface area contributed by atoms with Crippen LogP contribution in [0.1, 0.15) is 17.7 Å². The van der Waals surface area contributed by atoms with Crippen molar-refractivity contribution in [3.8, 4) is 0 Å². The zero-order valence-corrected chi connectivity index (χ0v) is 10.1. The first-order valence-corrected chi connectivity index (χ1v) is 5.89. The fourth-order valence-corrected chi connectivity index (χ4v) is 1.86. The molecule has 0 radical (unpaired) electrons. The van der Waals surface area contributed by atoms with Crippen molar-refractivity contribution >= 4 is 0 Å². The van der Waals surface area contributed by atoms with Gasteiger partial charge in [0.15, 0.2) is 0 Å². The third-order valence-electron chi connectivity index (χ3n) is 2.77. The van der Waals surface area contributed by atoms with Gasteiger partial charge in [0.25, 0.3) is 0 Å². The summed E-state index contributed by atoms with van der Waals surface area (Å²) in [6, 6.07) is 10.6. The average Bonchev–Trinajstić information content (AvgIpc) is 2.73. The van der Waals surface area contributed by atoms with E-state index in [0.717, 1.165) is 25.0 Å². The molecule has 17 heavy (non-hydrogen) atoms. The number of hydrogen-bond donors (Lipinski definition) is 1. The summed E-state index contributed by atoms with van der Waals surface area (Å²) in [5.74, 6) is 0. The molecule has 1 heterocycles. The van der Waals surface area contributed by atoms with E-state index in [4.69, 9.17) is 5.73 Å². The van der Waals surface area contributed by atoms with Crippen LogP contribution in [0.3, 0.4) is 0 Å². The Morgan fingerprint density at radius 3 is 2.71 bits per heavy atom. The van der Waals surface area contributed by atoms with Crippen LogP contribution in [0.5, 0.6) is 0 Å². The second-order valence-electron chi connectivity index (χ2n) is 4.37. The van der Waals surface area contributed by atoms with E-state index in [0.29, 0.717) is 0 Å². The largest absolute Gasteiger partial charge is 0.327 e. The number of hydrogen-bond acceptors (Lipinski definition) is 3. The Morgan fingerprint density at radius 2 is 2.06 bits per heavy atom. The number of aromatic nitrogens is 3. The lowest BCUT2D eigenvalue weighted by molar-refractivity contribution is 0.602. The van der Waals surface area contributed by atoms with Gasteiger partial charge in [-0.05, 0) is 18.4 Å². The van der Waals surface area contributed by atoms with Gasteiger partial charge in [0.1, 0.15) is 0 Å². The highest BCUT2D eigenvalue weighted by molar-refractivity contribution is 5.14. The van der Waals surface area contributed by atoms with Gasteiger partial charge in [0, 0.05) is 25.7 Å². The summed E-state index contributed by atoms with van der Waals surface area (Å²) in [7, 11) is 1.87. The lowest BCUT2D eigenvalue weighted by Crippen LogP contribution is -2.23. The number of rotatable bonds is 5. The molecule has 4 heteroatoms. The van der Waals surface area contributed by atoms with Crippen molar-refractivity contribution in [2.45, 2.75) is 25.3 Å². The van der Waals surface area contributed by atoms with Crippen LogP contribution in [0, 0.1) is 0 Å². The molecule has 0 spiro atoms. The molecule has 0 saturated carbocycles. The summed E-state index contributed by atoms with van der Waals surface area (Å²) in [6.45, 7) is 0. The summed E-state index contributed by atoms with van der Waals surface area (Å²) in [4.78, 5) is 0. The molecule has 1 aromatic carbocycles. The van der Waals surface area contributed by atoms with Crippen molar-refractivity contribution in [3.63, 3.8) is 0 Å². The van der Waals surface area contributed by atoms with Gasteiger partial charge in [-0.1, -0.05) is 35.5 Å². The molecule has 0 amide bonds. The monoisotopic (exact) mass is 230 g/mol. The van der Waals surface area contributed by atoms with Crippen molar-refractivity contribution < 1.29 is 0 Å². The Labute approximate surface area is 101 Å². The molecule has 90 valence electrons. The zero-order valence-electron chi connectivity index (χ0n) is 10.1. The van der Waals surface area contributed by atoms with E-state index < -0.39 is 0 Å². The summed E-state index contributed by atoms with van der Waals surface area (Å²) in [5, 5.41) is 7.94. The third kappa shape index (κ3) is 3.67. The van der Waals surface area contributed by atoms with Gasteiger partial charge < -0.3 is 5.73 Å². The summed E-state index contributed by atoms with van der Waals surface area (Å²) in [6.07, 6.45) is 4.70. The number of aryl methyl sites for hydroxylation is 2. The predicted octanol–water partition coefficient (Wildman–Crippen LogP) is 1.32. The molecule has 2 rings (SSSR count). The first-order valence-electron chi connectivity index (χ1n) is 5.89. The Bertz CT molecular complexity index is 449. The van der Waals surface area contributed by atoms with Crippen molar-refractivity contribution in [1.29, 1.82) is 0 Å². The molecule has 0 aliphatic rings. The van der Waals surface area contributed by atoms with E-state index >= 15 is 0 Å². The Morgan fingerprint density at radius 1 is 1.29 bits per heavy atom. The van der Waals surface area contributed by atoms with Gasteiger partial charge >= 0.3 is 0 Å². The lowest BCUT2D eigenvalue weighted by Gasteiger charge is -2.09. The highest BCUT2D eigenvalue weighted by Gasteiger charge is 2.07. The highest BCUT2D eigenvalue weighted by atomic mass is 15.4. The van der Waals surface area contributed by atoms with Crippen molar-refractivity contribution in [2.75, 3.05) is 0 Å². The number of nitrogens with zero attached hydrogens (tertiary/aromatic N) is 3. The number of nitrogens with two attached hydrogens (primary N) is 1. The van der Waals surface area contributed by atoms with Crippen LogP contribution < -0.4 is 5.73 Å². The van der Waals surface area contributed by atoms with Crippen LogP contribution in [0.15, 0.2) is 36.5 Å². The average molecular weight is 230 g/mol. The fraction of sp³-hybridized carbons (Fsp3) is 0.385. The van der Waals surface area contributed by atoms with Gasteiger partial charge in [0.2, 0.25) is 0 Å². The molecule has 1 aromatic heterocycles. The van der Waals surface area contributed by atoms with E-state index in [1.807, 2.05) is 19.3 Å². The minimum atomic E-state index is 0.145. The molecule has 0 saturated heterocycles. The predicted molar refractivity (Wildman–Crippen MR) is 67.4 cm³/mol. The topological polar surface area (TPSA) is 56.7 Å². The molecule has 0 aliphatic heterocycles. The van der Waals surface area contributed by atoms with Crippen LogP contribution in [0.25, 0.3) is 0 Å². The van der Waals surface area contributed by atoms with Crippen LogP contribution >= 0.6 is 0 Å². The van der Waals surface area contributed by atoms with Crippen molar-refractivity contribution in [3.05, 3.63) is 47.8 Å². The maximum atomic E-state index is 6.09. The molecular weight excluding hydrogens is 212 g/mol. The normalized spacial score (nSPS) is 12.6. The molecule has 2 aromatic rings. The minimum Gasteiger partial charge on any atom is -0.327 e. The molecule has 0 bridgehead atoms. The van der Waals surface area contributed by atoms with E-state index in [2.05, 4.69) is 34.6 Å². The van der Waals surface area contributed by atoms with Gasteiger partial charge in [-0.2, -0.15) is 0 Å². The lowest BCUT2D eigenvalue weighted by atomic mass is 10.0. The van der Waals surface area contributed by atoms with Gasteiger partial charge in [-0.25, -0.2) is 0 Å². The molecule has 1 atom stereocenters. The minimum absolute atomic E-state index is 0.145. The maximum absolute atomic E-state index is 6.09. The Balaban J connectivity index is 1.80. The quantitative estimate of drug-likeness (QED) is 0.842. The number of benzene rings is 1. The second-order valence-corrected chi connectivity index (χ2v) is 4.37. The van der Waals surface area contributed by atoms with Crippen molar-refractivity contribution in [2.24, 2.45) is 12.8 Å². The van der Waals surface area contributed by atoms with E-state index in [9.17, 15) is 0 Å². The Hall–Kier alpha value is -1.68. The van der Waals surface area contributed by atoms with E-state index in [-0.39, 0.29) is 6.04 Å². The van der Waals surface area contributed by atoms with E-state index in [1.54, 1.807) is 4.68 Å². The molecular formula is C13H18N4. The summed E-state index contributed by atoms with van der Waals surface area (Å²) in [5.41, 5.74) is 8.39. The molecule has 2 N–H and O–H groups in total. The maximum Gasteiger partial charge on any atom is 0.0842 e. The zero-order chi connectivity index (χ0) is 12.1. The van der Waals surface area contributed by atoms with Crippen LogP contribution in [0.4, 0.5) is 0 Å². The van der Waals surface area contributed by atoms with Crippen molar-refractivity contribution in [1.82, 2.24) is 15.0 Å². The molecule has 0 fully saturated rings. The van der Waals surface area contributed by atoms with Gasteiger partial charge in [-0.15, -0.1) is 5.10 Å². The van der Waals surface area contributed by atoms with Gasteiger partial charge in [0.05, 0.1) is 5.69 Å². The first-order chi connectivity index (χ1) is 8.24. The molecule has 1 unspecified atom stereocenters. The second kappa shape index (κ2) is 5.59. The standard InChI is InChI=1S/C13H18N4/c1-17-10-13(15-16-17)9-12(14)8-7-11-5-3-2-4-6-11/h2-6,10,12H,7-9,14H2,1H3. The van der Waals surface area contributed by atoms with Crippen LogP contribution in [-0.4, -0.2) is 21.0 Å². The van der Waals surface area contributed by atoms with E-state index in [1.165, 1.54) is 5.56 Å². The smallest absolute Gasteiger partial charge is 0.0842 e. The highest BCUT2D eigenvalue weighted by Crippen LogP contribution is 2.06.